The third-order valence-electron chi connectivity index (χ3n) is 5.16. The van der Waals surface area contributed by atoms with Gasteiger partial charge < -0.3 is 5.32 Å². The molecule has 1 aliphatic rings. The van der Waals surface area contributed by atoms with Crippen molar-refractivity contribution >= 4 is 0 Å². The van der Waals surface area contributed by atoms with Gasteiger partial charge in [-0.05, 0) is 55.4 Å². The smallest absolute Gasteiger partial charge is 0.00955 e. The van der Waals surface area contributed by atoms with Gasteiger partial charge in [0.25, 0.3) is 0 Å². The molecule has 1 heteroatoms. The SMILES string of the molecule is CCCC(C)CC1CC(C(C)(C)C)CCC1NCC. The summed E-state index contributed by atoms with van der Waals surface area (Å²) in [5.41, 5.74) is 0.490. The average molecular weight is 268 g/mol. The van der Waals surface area contributed by atoms with Crippen LogP contribution in [0.4, 0.5) is 0 Å². The lowest BCUT2D eigenvalue weighted by molar-refractivity contribution is 0.101. The van der Waals surface area contributed by atoms with Gasteiger partial charge in [-0.15, -0.1) is 0 Å². The van der Waals surface area contributed by atoms with Gasteiger partial charge in [-0.3, -0.25) is 0 Å². The molecule has 0 aliphatic heterocycles. The summed E-state index contributed by atoms with van der Waals surface area (Å²) in [5.74, 6) is 2.72. The molecule has 1 nitrogen and oxygen atoms in total. The van der Waals surface area contributed by atoms with Crippen molar-refractivity contribution in [1.82, 2.24) is 5.32 Å². The molecular weight excluding hydrogens is 230 g/mol. The van der Waals surface area contributed by atoms with E-state index in [1.54, 1.807) is 0 Å². The van der Waals surface area contributed by atoms with Gasteiger partial charge in [0.05, 0.1) is 0 Å². The largest absolute Gasteiger partial charge is 0.314 e. The zero-order chi connectivity index (χ0) is 14.5. The van der Waals surface area contributed by atoms with E-state index in [1.165, 1.54) is 38.5 Å². The summed E-state index contributed by atoms with van der Waals surface area (Å²) in [6.07, 6.45) is 8.41. The van der Waals surface area contributed by atoms with Crippen LogP contribution >= 0.6 is 0 Å². The topological polar surface area (TPSA) is 12.0 Å². The molecule has 1 fully saturated rings. The Morgan fingerprint density at radius 2 is 1.84 bits per heavy atom. The molecule has 0 aromatic carbocycles. The maximum atomic E-state index is 3.75. The number of hydrogen-bond donors (Lipinski definition) is 1. The minimum absolute atomic E-state index is 0.490. The van der Waals surface area contributed by atoms with Gasteiger partial charge in [-0.1, -0.05) is 54.4 Å². The van der Waals surface area contributed by atoms with Crippen LogP contribution in [0, 0.1) is 23.2 Å². The Morgan fingerprint density at radius 3 is 2.37 bits per heavy atom. The summed E-state index contributed by atoms with van der Waals surface area (Å²) in [5, 5.41) is 3.75. The van der Waals surface area contributed by atoms with E-state index < -0.39 is 0 Å². The molecule has 1 rings (SSSR count). The highest BCUT2D eigenvalue weighted by Crippen LogP contribution is 2.42. The lowest BCUT2D eigenvalue weighted by Gasteiger charge is -2.43. The molecule has 19 heavy (non-hydrogen) atoms. The van der Waals surface area contributed by atoms with Gasteiger partial charge in [0.2, 0.25) is 0 Å². The molecule has 4 unspecified atom stereocenters. The van der Waals surface area contributed by atoms with Gasteiger partial charge in [0.1, 0.15) is 0 Å². The fourth-order valence-corrected chi connectivity index (χ4v) is 3.97. The number of hydrogen-bond acceptors (Lipinski definition) is 1. The number of nitrogens with one attached hydrogen (secondary N) is 1. The second kappa shape index (κ2) is 7.67. The lowest BCUT2D eigenvalue weighted by atomic mass is 9.66. The standard InChI is InChI=1S/C18H37N/c1-7-9-14(3)12-15-13-16(18(4,5)6)10-11-17(15)19-8-2/h14-17,19H,7-13H2,1-6H3. The van der Waals surface area contributed by atoms with Gasteiger partial charge in [-0.2, -0.15) is 0 Å². The molecule has 1 saturated carbocycles. The summed E-state index contributed by atoms with van der Waals surface area (Å²) in [6, 6.07) is 0.780. The van der Waals surface area contributed by atoms with E-state index in [1.807, 2.05) is 0 Å². The van der Waals surface area contributed by atoms with Crippen LogP contribution < -0.4 is 5.32 Å². The average Bonchev–Trinajstić information content (AvgIpc) is 2.30. The van der Waals surface area contributed by atoms with E-state index in [4.69, 9.17) is 0 Å². The molecule has 0 bridgehead atoms. The molecule has 0 spiro atoms. The molecule has 0 amide bonds. The summed E-state index contributed by atoms with van der Waals surface area (Å²) in [6.45, 7) is 15.4. The van der Waals surface area contributed by atoms with Crippen LogP contribution in [0.15, 0.2) is 0 Å². The van der Waals surface area contributed by atoms with Crippen molar-refractivity contribution in [1.29, 1.82) is 0 Å². The quantitative estimate of drug-likeness (QED) is 0.693. The van der Waals surface area contributed by atoms with E-state index in [2.05, 4.69) is 46.9 Å². The van der Waals surface area contributed by atoms with Gasteiger partial charge in [0.15, 0.2) is 0 Å². The van der Waals surface area contributed by atoms with E-state index in [0.717, 1.165) is 30.3 Å². The fraction of sp³-hybridized carbons (Fsp3) is 1.00. The van der Waals surface area contributed by atoms with Crippen molar-refractivity contribution < 1.29 is 0 Å². The first kappa shape index (κ1) is 17.0. The Bertz CT molecular complexity index is 241. The molecule has 0 radical (unpaired) electrons. The van der Waals surface area contributed by atoms with Gasteiger partial charge >= 0.3 is 0 Å². The first-order chi connectivity index (χ1) is 8.88. The Labute approximate surface area is 121 Å². The Balaban J connectivity index is 2.62. The zero-order valence-corrected chi connectivity index (χ0v) is 14.3. The predicted molar refractivity (Wildman–Crippen MR) is 86.4 cm³/mol. The van der Waals surface area contributed by atoms with Crippen LogP contribution in [0.5, 0.6) is 0 Å². The van der Waals surface area contributed by atoms with E-state index >= 15 is 0 Å². The van der Waals surface area contributed by atoms with E-state index in [0.29, 0.717) is 5.41 Å². The van der Waals surface area contributed by atoms with Crippen LogP contribution in [0.2, 0.25) is 0 Å². The Morgan fingerprint density at radius 1 is 1.16 bits per heavy atom. The molecule has 0 aromatic heterocycles. The summed E-state index contributed by atoms with van der Waals surface area (Å²) < 4.78 is 0. The minimum atomic E-state index is 0.490. The third-order valence-corrected chi connectivity index (χ3v) is 5.16. The van der Waals surface area contributed by atoms with Crippen molar-refractivity contribution in [2.24, 2.45) is 23.2 Å². The molecule has 1 aliphatic carbocycles. The van der Waals surface area contributed by atoms with Gasteiger partial charge in [-0.25, -0.2) is 0 Å². The lowest BCUT2D eigenvalue weighted by Crippen LogP contribution is -2.43. The van der Waals surface area contributed by atoms with Crippen molar-refractivity contribution in [2.75, 3.05) is 6.54 Å². The second-order valence-electron chi connectivity index (χ2n) is 7.93. The first-order valence-electron chi connectivity index (χ1n) is 8.61. The monoisotopic (exact) mass is 267 g/mol. The van der Waals surface area contributed by atoms with E-state index in [-0.39, 0.29) is 0 Å². The molecule has 0 saturated heterocycles. The van der Waals surface area contributed by atoms with E-state index in [9.17, 15) is 0 Å². The Kier molecular flexibility index (Phi) is 6.86. The number of rotatable bonds is 6. The third kappa shape index (κ3) is 5.45. The van der Waals surface area contributed by atoms with Crippen LogP contribution in [0.1, 0.15) is 80.1 Å². The van der Waals surface area contributed by atoms with Crippen LogP contribution in [-0.4, -0.2) is 12.6 Å². The Hall–Kier alpha value is -0.0400. The molecule has 4 atom stereocenters. The highest BCUT2D eigenvalue weighted by Gasteiger charge is 2.35. The summed E-state index contributed by atoms with van der Waals surface area (Å²) in [4.78, 5) is 0. The second-order valence-corrected chi connectivity index (χ2v) is 7.93. The van der Waals surface area contributed by atoms with Crippen molar-refractivity contribution in [3.63, 3.8) is 0 Å². The molecule has 1 N–H and O–H groups in total. The molecular formula is C18H37N. The maximum absolute atomic E-state index is 3.75. The first-order valence-corrected chi connectivity index (χ1v) is 8.61. The van der Waals surface area contributed by atoms with Crippen LogP contribution in [0.3, 0.4) is 0 Å². The minimum Gasteiger partial charge on any atom is -0.314 e. The van der Waals surface area contributed by atoms with Crippen molar-refractivity contribution in [2.45, 2.75) is 86.1 Å². The van der Waals surface area contributed by atoms with Crippen molar-refractivity contribution in [3.8, 4) is 0 Å². The highest BCUT2D eigenvalue weighted by molar-refractivity contribution is 4.89. The maximum Gasteiger partial charge on any atom is 0.00955 e. The fourth-order valence-electron chi connectivity index (χ4n) is 3.97. The summed E-state index contributed by atoms with van der Waals surface area (Å²) in [7, 11) is 0. The predicted octanol–water partition coefficient (Wildman–Crippen LogP) is 5.25. The van der Waals surface area contributed by atoms with Crippen LogP contribution in [-0.2, 0) is 0 Å². The molecule has 0 aromatic rings. The zero-order valence-electron chi connectivity index (χ0n) is 14.3. The molecule has 0 heterocycles. The molecule has 114 valence electrons. The van der Waals surface area contributed by atoms with Crippen molar-refractivity contribution in [3.05, 3.63) is 0 Å². The highest BCUT2D eigenvalue weighted by atomic mass is 14.9. The normalized spacial score (nSPS) is 30.3. The summed E-state index contributed by atoms with van der Waals surface area (Å²) >= 11 is 0. The van der Waals surface area contributed by atoms with Gasteiger partial charge in [0, 0.05) is 6.04 Å². The van der Waals surface area contributed by atoms with Crippen LogP contribution in [0.25, 0.3) is 0 Å².